The normalized spacial score (nSPS) is 16.8. The van der Waals surface area contributed by atoms with Gasteiger partial charge in [0.1, 0.15) is 0 Å². The van der Waals surface area contributed by atoms with Crippen molar-refractivity contribution in [2.75, 3.05) is 6.54 Å². The Labute approximate surface area is 168 Å². The Bertz CT molecular complexity index is 940. The van der Waals surface area contributed by atoms with E-state index in [-0.39, 0.29) is 11.3 Å². The van der Waals surface area contributed by atoms with Crippen LogP contribution in [0.4, 0.5) is 0 Å². The van der Waals surface area contributed by atoms with Crippen LogP contribution in [0.1, 0.15) is 59.0 Å². The Morgan fingerprint density at radius 2 is 2.00 bits per heavy atom. The van der Waals surface area contributed by atoms with Gasteiger partial charge in [0.2, 0.25) is 0 Å². The van der Waals surface area contributed by atoms with E-state index >= 15 is 0 Å². The van der Waals surface area contributed by atoms with Crippen molar-refractivity contribution in [3.8, 4) is 11.3 Å². The fraction of sp³-hybridized carbons (Fsp3) is 0.364. The van der Waals surface area contributed by atoms with E-state index in [1.807, 2.05) is 36.4 Å². The number of hydrogen-bond acceptors (Lipinski definition) is 5. The highest BCUT2D eigenvalue weighted by Gasteiger charge is 2.37. The van der Waals surface area contributed by atoms with E-state index in [0.717, 1.165) is 36.1 Å². The molecular weight excluding hydrogens is 372 g/mol. The van der Waals surface area contributed by atoms with Gasteiger partial charge in [-0.1, -0.05) is 48.3 Å². The average Bonchev–Trinajstić information content (AvgIpc) is 3.47. The number of hydrogen-bond donors (Lipinski definition) is 2. The molecule has 0 bridgehead atoms. The maximum Gasteiger partial charge on any atom is 0.273 e. The van der Waals surface area contributed by atoms with Crippen molar-refractivity contribution in [2.45, 2.75) is 44.1 Å². The summed E-state index contributed by atoms with van der Waals surface area (Å²) in [5, 5.41) is 16.9. The highest BCUT2D eigenvalue weighted by atomic mass is 32.1. The molecule has 5 nitrogen and oxygen atoms in total. The third-order valence-electron chi connectivity index (χ3n) is 5.51. The number of aromatic nitrogens is 1. The first-order valence-electron chi connectivity index (χ1n) is 9.66. The summed E-state index contributed by atoms with van der Waals surface area (Å²) in [4.78, 5) is 14.9. The molecule has 4 rings (SSSR count). The number of aliphatic hydroxyl groups excluding tert-OH is 1. The van der Waals surface area contributed by atoms with Crippen LogP contribution in [0.25, 0.3) is 11.3 Å². The SMILES string of the molecule is CC(O)c1ccc(C2(CNC(=O)c3cc(-c4ccccc4)on3)CCCC2)s1. The molecule has 1 unspecified atom stereocenters. The molecule has 1 fully saturated rings. The number of carbonyl (C=O) groups excluding carboxylic acids is 1. The molecule has 0 aliphatic heterocycles. The van der Waals surface area contributed by atoms with Crippen molar-refractivity contribution in [2.24, 2.45) is 0 Å². The molecule has 0 saturated heterocycles. The van der Waals surface area contributed by atoms with Crippen molar-refractivity contribution >= 4 is 17.2 Å². The van der Waals surface area contributed by atoms with Crippen LogP contribution in [0, 0.1) is 0 Å². The minimum atomic E-state index is -0.460. The Balaban J connectivity index is 1.47. The second-order valence-electron chi connectivity index (χ2n) is 7.49. The van der Waals surface area contributed by atoms with E-state index in [2.05, 4.69) is 16.5 Å². The number of thiophene rings is 1. The topological polar surface area (TPSA) is 75.4 Å². The van der Waals surface area contributed by atoms with Crippen molar-refractivity contribution in [1.82, 2.24) is 10.5 Å². The van der Waals surface area contributed by atoms with Crippen LogP contribution in [-0.2, 0) is 5.41 Å². The lowest BCUT2D eigenvalue weighted by Gasteiger charge is -2.28. The van der Waals surface area contributed by atoms with Gasteiger partial charge in [-0.2, -0.15) is 0 Å². The van der Waals surface area contributed by atoms with Gasteiger partial charge in [-0.15, -0.1) is 11.3 Å². The van der Waals surface area contributed by atoms with Crippen LogP contribution in [0.15, 0.2) is 53.1 Å². The number of carbonyl (C=O) groups is 1. The van der Waals surface area contributed by atoms with Gasteiger partial charge in [-0.3, -0.25) is 4.79 Å². The molecule has 1 saturated carbocycles. The molecule has 1 aliphatic carbocycles. The molecule has 1 amide bonds. The summed E-state index contributed by atoms with van der Waals surface area (Å²) in [5.74, 6) is 0.366. The van der Waals surface area contributed by atoms with Crippen LogP contribution in [0.2, 0.25) is 0 Å². The zero-order valence-corrected chi connectivity index (χ0v) is 16.7. The highest BCUT2D eigenvalue weighted by Crippen LogP contribution is 2.44. The summed E-state index contributed by atoms with van der Waals surface area (Å²) in [5.41, 5.74) is 1.13. The van der Waals surface area contributed by atoms with Crippen molar-refractivity contribution < 1.29 is 14.4 Å². The zero-order valence-electron chi connectivity index (χ0n) is 15.9. The first-order chi connectivity index (χ1) is 13.6. The second-order valence-corrected chi connectivity index (χ2v) is 8.61. The number of amides is 1. The molecule has 1 aromatic carbocycles. The van der Waals surface area contributed by atoms with Crippen molar-refractivity contribution in [3.63, 3.8) is 0 Å². The standard InChI is InChI=1S/C22H24N2O3S/c1-15(25)19-9-10-20(28-19)22(11-5-6-12-22)14-23-21(26)17-13-18(27-24-17)16-7-3-2-4-8-16/h2-4,7-10,13,15,25H,5-6,11-12,14H2,1H3,(H,23,26). The largest absolute Gasteiger partial charge is 0.388 e. The fourth-order valence-electron chi connectivity index (χ4n) is 3.89. The lowest BCUT2D eigenvalue weighted by Crippen LogP contribution is -2.38. The summed E-state index contributed by atoms with van der Waals surface area (Å²) >= 11 is 1.65. The number of rotatable bonds is 6. The lowest BCUT2D eigenvalue weighted by molar-refractivity contribution is 0.0934. The minimum absolute atomic E-state index is 0.0561. The number of benzene rings is 1. The average molecular weight is 397 g/mol. The van der Waals surface area contributed by atoms with Gasteiger partial charge < -0.3 is 14.9 Å². The van der Waals surface area contributed by atoms with Gasteiger partial charge in [0, 0.05) is 33.3 Å². The summed E-state index contributed by atoms with van der Waals surface area (Å²) in [6, 6.07) is 15.4. The van der Waals surface area contributed by atoms with Crippen LogP contribution < -0.4 is 5.32 Å². The van der Waals surface area contributed by atoms with E-state index in [9.17, 15) is 9.90 Å². The Kier molecular flexibility index (Phi) is 5.33. The molecule has 0 radical (unpaired) electrons. The van der Waals surface area contributed by atoms with Gasteiger partial charge in [0.05, 0.1) is 6.10 Å². The van der Waals surface area contributed by atoms with Gasteiger partial charge in [0.15, 0.2) is 11.5 Å². The van der Waals surface area contributed by atoms with Crippen molar-refractivity contribution in [3.05, 3.63) is 64.0 Å². The highest BCUT2D eigenvalue weighted by molar-refractivity contribution is 7.12. The smallest absolute Gasteiger partial charge is 0.273 e. The Morgan fingerprint density at radius 1 is 1.25 bits per heavy atom. The summed E-state index contributed by atoms with van der Waals surface area (Å²) in [6.07, 6.45) is 3.93. The van der Waals surface area contributed by atoms with Crippen LogP contribution >= 0.6 is 11.3 Å². The first-order valence-corrected chi connectivity index (χ1v) is 10.5. The van der Waals surface area contributed by atoms with E-state index < -0.39 is 6.10 Å². The molecule has 6 heteroatoms. The second kappa shape index (κ2) is 7.89. The predicted molar refractivity (Wildman–Crippen MR) is 109 cm³/mol. The van der Waals surface area contributed by atoms with Crippen LogP contribution in [0.3, 0.4) is 0 Å². The molecule has 146 valence electrons. The molecule has 2 heterocycles. The number of nitrogens with one attached hydrogen (secondary N) is 1. The van der Waals surface area contributed by atoms with E-state index in [0.29, 0.717) is 18.0 Å². The summed E-state index contributed by atoms with van der Waals surface area (Å²) < 4.78 is 5.35. The molecule has 1 atom stereocenters. The molecule has 28 heavy (non-hydrogen) atoms. The zero-order chi connectivity index (χ0) is 19.6. The maximum absolute atomic E-state index is 12.7. The molecular formula is C22H24N2O3S. The number of nitrogens with zero attached hydrogens (tertiary/aromatic N) is 1. The monoisotopic (exact) mass is 396 g/mol. The fourth-order valence-corrected chi connectivity index (χ4v) is 5.07. The van der Waals surface area contributed by atoms with Crippen LogP contribution in [0.5, 0.6) is 0 Å². The van der Waals surface area contributed by atoms with Crippen LogP contribution in [-0.4, -0.2) is 22.7 Å². The molecule has 2 N–H and O–H groups in total. The van der Waals surface area contributed by atoms with E-state index in [1.54, 1.807) is 24.3 Å². The third kappa shape index (κ3) is 3.75. The lowest BCUT2D eigenvalue weighted by atomic mass is 9.84. The van der Waals surface area contributed by atoms with Gasteiger partial charge >= 0.3 is 0 Å². The Morgan fingerprint density at radius 3 is 2.68 bits per heavy atom. The Hall–Kier alpha value is -2.44. The quantitative estimate of drug-likeness (QED) is 0.633. The predicted octanol–water partition coefficient (Wildman–Crippen LogP) is 4.70. The summed E-state index contributed by atoms with van der Waals surface area (Å²) in [7, 11) is 0. The third-order valence-corrected chi connectivity index (χ3v) is 7.01. The summed E-state index contributed by atoms with van der Waals surface area (Å²) in [6.45, 7) is 2.35. The van der Waals surface area contributed by atoms with E-state index in [1.165, 1.54) is 4.88 Å². The first kappa shape index (κ1) is 18.9. The van der Waals surface area contributed by atoms with Gasteiger partial charge in [-0.25, -0.2) is 0 Å². The van der Waals surface area contributed by atoms with Gasteiger partial charge in [0.25, 0.3) is 5.91 Å². The number of aliphatic hydroxyl groups is 1. The minimum Gasteiger partial charge on any atom is -0.388 e. The molecule has 0 spiro atoms. The van der Waals surface area contributed by atoms with E-state index in [4.69, 9.17) is 4.52 Å². The van der Waals surface area contributed by atoms with Crippen molar-refractivity contribution in [1.29, 1.82) is 0 Å². The molecule has 3 aromatic rings. The molecule has 1 aliphatic rings. The van der Waals surface area contributed by atoms with Gasteiger partial charge in [-0.05, 0) is 31.9 Å². The maximum atomic E-state index is 12.7. The molecule has 2 aromatic heterocycles.